The summed E-state index contributed by atoms with van der Waals surface area (Å²) >= 11 is 0. The van der Waals surface area contributed by atoms with Gasteiger partial charge in [-0.2, -0.15) is 0 Å². The third-order valence-corrected chi connectivity index (χ3v) is 0. The summed E-state index contributed by atoms with van der Waals surface area (Å²) in [5.41, 5.74) is 0. The summed E-state index contributed by atoms with van der Waals surface area (Å²) < 4.78 is 0. The summed E-state index contributed by atoms with van der Waals surface area (Å²) in [6.45, 7) is 0. The van der Waals surface area contributed by atoms with Crippen molar-refractivity contribution < 1.29 is 33.0 Å². The van der Waals surface area contributed by atoms with Crippen molar-refractivity contribution in [2.24, 2.45) is 0 Å². The van der Waals surface area contributed by atoms with Gasteiger partial charge in [0.1, 0.15) is 0 Å². The summed E-state index contributed by atoms with van der Waals surface area (Å²) in [4.78, 5) is 0. The van der Waals surface area contributed by atoms with Crippen molar-refractivity contribution in [2.45, 2.75) is 0 Å². The van der Waals surface area contributed by atoms with Crippen molar-refractivity contribution in [2.75, 3.05) is 0 Å². The zero-order chi connectivity index (χ0) is 0. The van der Waals surface area contributed by atoms with E-state index in [1.807, 2.05) is 0 Å². The van der Waals surface area contributed by atoms with Crippen molar-refractivity contribution in [1.29, 1.82) is 0 Å². The topological polar surface area (TPSA) is 0 Å². The molecule has 0 aromatic carbocycles. The summed E-state index contributed by atoms with van der Waals surface area (Å²) in [7, 11) is 0. The Morgan fingerprint density at radius 2 is 0.500 bits per heavy atom. The Kier molecular flexibility index (Phi) is 166. The average molecular weight is 133 g/mol. The minimum absolute atomic E-state index is 0. The molecule has 0 atom stereocenters. The van der Waals surface area contributed by atoms with Gasteiger partial charge in [0.2, 0.25) is 0 Å². The van der Waals surface area contributed by atoms with E-state index in [4.69, 9.17) is 0 Å². The van der Waals surface area contributed by atoms with E-state index < -0.39 is 0 Å². The largest absolute Gasteiger partial charge is 0 e. The van der Waals surface area contributed by atoms with Crippen molar-refractivity contribution in [1.82, 2.24) is 0 Å². The van der Waals surface area contributed by atoms with Crippen LogP contribution in [0.5, 0.6) is 0 Å². The van der Waals surface area contributed by atoms with E-state index in [0.717, 1.165) is 0 Å². The maximum atomic E-state index is 0. The smallest absolute Gasteiger partial charge is 0 e. The Labute approximate surface area is 70.1 Å². The summed E-state index contributed by atoms with van der Waals surface area (Å²) in [6.07, 6.45) is 0. The van der Waals surface area contributed by atoms with Gasteiger partial charge < -0.3 is 0 Å². The minimum atomic E-state index is 0. The summed E-state index contributed by atoms with van der Waals surface area (Å²) in [5, 5.41) is 0. The molecule has 4 heteroatoms. The minimum Gasteiger partial charge on any atom is 0 e. The van der Waals surface area contributed by atoms with E-state index >= 15 is 0 Å². The van der Waals surface area contributed by atoms with Gasteiger partial charge in [0, 0.05) is 33.0 Å². The number of hydrogen-bond acceptors (Lipinski definition) is 0. The average Bonchev–Trinajstić information content (AvgIpc) is 0. The van der Waals surface area contributed by atoms with Crippen LogP contribution < -0.4 is 0 Å². The van der Waals surface area contributed by atoms with Gasteiger partial charge in [-0.25, -0.2) is 0 Å². The van der Waals surface area contributed by atoms with E-state index in [0.29, 0.717) is 0 Å². The first kappa shape index (κ1) is 34.9. The van der Waals surface area contributed by atoms with Gasteiger partial charge >= 0.3 is 37.7 Å². The van der Waals surface area contributed by atoms with Gasteiger partial charge in [-0.3, -0.25) is 0 Å². The third-order valence-electron chi connectivity index (χ3n) is 0. The zero-order valence-corrected chi connectivity index (χ0v) is 2.61. The normalized spacial score (nSPS) is 0. The molecule has 0 nitrogen and oxygen atoms in total. The molecule has 0 N–H and O–H groups in total. The van der Waals surface area contributed by atoms with Crippen LogP contribution in [0.2, 0.25) is 0 Å². The molecule has 0 heterocycles. The Bertz CT molecular complexity index is 4.00. The van der Waals surface area contributed by atoms with Gasteiger partial charge in [0.25, 0.3) is 0 Å². The van der Waals surface area contributed by atoms with Gasteiger partial charge in [0.05, 0.1) is 0 Å². The molecule has 24 valence electrons. The second kappa shape index (κ2) is 19.0. The molecule has 0 spiro atoms. The van der Waals surface area contributed by atoms with Crippen molar-refractivity contribution in [3.63, 3.8) is 0 Å². The Hall–Kier alpha value is 2.18. The van der Waals surface area contributed by atoms with Crippen LogP contribution in [0.1, 0.15) is 0 Å². The maximum absolute atomic E-state index is 0. The first-order valence-corrected chi connectivity index (χ1v) is 0. The van der Waals surface area contributed by atoms with E-state index in [1.165, 1.54) is 0 Å². The number of hydrogen-bond donors (Lipinski definition) is 0. The third kappa shape index (κ3) is 8.89. The zero-order valence-electron chi connectivity index (χ0n) is 0.632. The van der Waals surface area contributed by atoms with Gasteiger partial charge in [-0.05, 0) is 0 Å². The monoisotopic (exact) mass is 132 g/mol. The predicted octanol–water partition coefficient (Wildman–Crippen LogP) is -1.30. The van der Waals surface area contributed by atoms with E-state index in [1.54, 1.807) is 0 Å². The van der Waals surface area contributed by atoms with Crippen LogP contribution in [-0.2, 0) is 33.0 Å². The molecule has 0 fully saturated rings. The molecular formula is H2Li2Ni2. The van der Waals surface area contributed by atoms with E-state index in [2.05, 4.69) is 0 Å². The predicted molar refractivity (Wildman–Crippen MR) is 14.3 cm³/mol. The van der Waals surface area contributed by atoms with Crippen LogP contribution in [0, 0.1) is 0 Å². The van der Waals surface area contributed by atoms with Gasteiger partial charge in [-0.1, -0.05) is 0 Å². The van der Waals surface area contributed by atoms with Crippen LogP contribution in [0.15, 0.2) is 0 Å². The molecule has 0 unspecified atom stereocenters. The molecule has 0 saturated carbocycles. The summed E-state index contributed by atoms with van der Waals surface area (Å²) in [6, 6.07) is 0. The molecular weight excluding hydrogens is 131 g/mol. The maximum Gasteiger partial charge on any atom is 0 e. The Balaban J connectivity index is 0. The second-order valence-corrected chi connectivity index (χ2v) is 0. The molecule has 0 bridgehead atoms. The molecule has 0 aliphatic carbocycles. The van der Waals surface area contributed by atoms with Crippen molar-refractivity contribution in [3.8, 4) is 0 Å². The first-order chi connectivity index (χ1) is 0. The van der Waals surface area contributed by atoms with Crippen LogP contribution in [0.3, 0.4) is 0 Å². The van der Waals surface area contributed by atoms with Crippen molar-refractivity contribution in [3.05, 3.63) is 0 Å². The fourth-order valence-corrected chi connectivity index (χ4v) is 0. The standard InChI is InChI=1S/2Li.2Ni.2H. The quantitative estimate of drug-likeness (QED) is 0.360. The number of rotatable bonds is 0. The molecule has 0 amide bonds. The van der Waals surface area contributed by atoms with E-state index in [-0.39, 0.29) is 70.7 Å². The fraction of sp³-hybridized carbons (Fsp3) is 0. The molecule has 0 rings (SSSR count). The van der Waals surface area contributed by atoms with Gasteiger partial charge in [-0.15, -0.1) is 0 Å². The Morgan fingerprint density at radius 1 is 0.500 bits per heavy atom. The first-order valence-electron chi connectivity index (χ1n) is 0. The molecule has 4 heavy (non-hydrogen) atoms. The molecule has 0 saturated heterocycles. The molecule has 0 aromatic heterocycles. The SMILES string of the molecule is [LiH].[LiH].[Ni].[Ni]. The Morgan fingerprint density at radius 3 is 0.500 bits per heavy atom. The molecule has 0 aliphatic rings. The fourth-order valence-electron chi connectivity index (χ4n) is 0. The van der Waals surface area contributed by atoms with Gasteiger partial charge in [0.15, 0.2) is 0 Å². The van der Waals surface area contributed by atoms with Crippen LogP contribution in [-0.4, -0.2) is 37.7 Å². The van der Waals surface area contributed by atoms with Crippen LogP contribution in [0.25, 0.3) is 0 Å². The van der Waals surface area contributed by atoms with E-state index in [9.17, 15) is 0 Å². The van der Waals surface area contributed by atoms with Crippen LogP contribution in [0.4, 0.5) is 0 Å². The second-order valence-electron chi connectivity index (χ2n) is 0. The molecule has 0 radical (unpaired) electrons. The molecule has 0 aromatic rings. The summed E-state index contributed by atoms with van der Waals surface area (Å²) in [5.74, 6) is 0. The molecule has 0 aliphatic heterocycles. The van der Waals surface area contributed by atoms with Crippen molar-refractivity contribution >= 4 is 37.7 Å². The van der Waals surface area contributed by atoms with Crippen LogP contribution >= 0.6 is 0 Å².